The molecule has 0 bridgehead atoms. The molecule has 0 radical (unpaired) electrons. The van der Waals surface area contributed by atoms with Gasteiger partial charge < -0.3 is 24.7 Å². The van der Waals surface area contributed by atoms with Crippen molar-refractivity contribution in [2.45, 2.75) is 13.1 Å². The zero-order valence-corrected chi connectivity index (χ0v) is 16.9. The molecule has 156 valence electrons. The van der Waals surface area contributed by atoms with Gasteiger partial charge in [-0.1, -0.05) is 42.5 Å². The molecular formula is C24H22N4O3. The summed E-state index contributed by atoms with van der Waals surface area (Å²) in [5.74, 6) is 1.84. The van der Waals surface area contributed by atoms with E-state index >= 15 is 0 Å². The third kappa shape index (κ3) is 4.16. The van der Waals surface area contributed by atoms with Gasteiger partial charge in [-0.15, -0.1) is 0 Å². The van der Waals surface area contributed by atoms with Gasteiger partial charge in [0.15, 0.2) is 11.5 Å². The first-order chi connectivity index (χ1) is 15.3. The monoisotopic (exact) mass is 414 g/mol. The van der Waals surface area contributed by atoms with Crippen LogP contribution >= 0.6 is 0 Å². The molecule has 7 heteroatoms. The molecule has 0 saturated carbocycles. The number of aromatic nitrogens is 2. The zero-order valence-electron chi connectivity index (χ0n) is 16.9. The van der Waals surface area contributed by atoms with Crippen molar-refractivity contribution < 1.29 is 14.3 Å². The fourth-order valence-corrected chi connectivity index (χ4v) is 3.61. The van der Waals surface area contributed by atoms with E-state index in [1.54, 1.807) is 6.07 Å². The zero-order chi connectivity index (χ0) is 21.0. The Bertz CT molecular complexity index is 1220. The Labute approximate surface area is 179 Å². The Balaban J connectivity index is 1.35. The van der Waals surface area contributed by atoms with Crippen LogP contribution in [0.1, 0.15) is 5.56 Å². The summed E-state index contributed by atoms with van der Waals surface area (Å²) >= 11 is 0. The molecule has 4 aromatic rings. The van der Waals surface area contributed by atoms with Gasteiger partial charge in [-0.3, -0.25) is 4.79 Å². The summed E-state index contributed by atoms with van der Waals surface area (Å²) in [6.45, 7) is 1.78. The van der Waals surface area contributed by atoms with Crippen molar-refractivity contribution in [3.63, 3.8) is 0 Å². The summed E-state index contributed by atoms with van der Waals surface area (Å²) in [5.41, 5.74) is 3.54. The van der Waals surface area contributed by atoms with E-state index in [-0.39, 0.29) is 12.5 Å². The van der Waals surface area contributed by atoms with Crippen LogP contribution in [-0.2, 0) is 17.9 Å². The quantitative estimate of drug-likeness (QED) is 0.498. The number of para-hydroxylation sites is 2. The summed E-state index contributed by atoms with van der Waals surface area (Å²) in [4.78, 5) is 17.5. The number of rotatable bonds is 6. The fraction of sp³-hybridized carbons (Fsp3) is 0.167. The lowest BCUT2D eigenvalue weighted by Gasteiger charge is -2.19. The van der Waals surface area contributed by atoms with Crippen LogP contribution in [0.2, 0.25) is 0 Å². The normalized spacial score (nSPS) is 12.5. The van der Waals surface area contributed by atoms with Crippen molar-refractivity contribution in [3.05, 3.63) is 78.4 Å². The van der Waals surface area contributed by atoms with Crippen LogP contribution in [0, 0.1) is 0 Å². The lowest BCUT2D eigenvalue weighted by Crippen LogP contribution is -2.21. The number of nitrogens with one attached hydrogen (secondary N) is 2. The van der Waals surface area contributed by atoms with Crippen LogP contribution in [0.5, 0.6) is 11.5 Å². The highest BCUT2D eigenvalue weighted by atomic mass is 16.6. The minimum Gasteiger partial charge on any atom is -0.486 e. The molecule has 31 heavy (non-hydrogen) atoms. The predicted octanol–water partition coefficient (Wildman–Crippen LogP) is 4.06. The highest BCUT2D eigenvalue weighted by Crippen LogP contribution is 2.32. The number of anilines is 2. The van der Waals surface area contributed by atoms with Gasteiger partial charge in [-0.05, 0) is 29.8 Å². The number of fused-ring (bicyclic) bond motifs is 2. The van der Waals surface area contributed by atoms with Crippen molar-refractivity contribution in [2.75, 3.05) is 23.8 Å². The first-order valence-corrected chi connectivity index (χ1v) is 10.2. The molecule has 0 spiro atoms. The van der Waals surface area contributed by atoms with Crippen LogP contribution < -0.4 is 20.1 Å². The van der Waals surface area contributed by atoms with Gasteiger partial charge >= 0.3 is 0 Å². The summed E-state index contributed by atoms with van der Waals surface area (Å²) in [6, 6.07) is 23.3. The smallest absolute Gasteiger partial charge is 0.244 e. The second-order valence-electron chi connectivity index (χ2n) is 7.26. The van der Waals surface area contributed by atoms with E-state index in [0.717, 1.165) is 16.6 Å². The van der Waals surface area contributed by atoms with Crippen molar-refractivity contribution >= 4 is 28.6 Å². The minimum absolute atomic E-state index is 0.131. The van der Waals surface area contributed by atoms with E-state index in [4.69, 9.17) is 9.47 Å². The second-order valence-corrected chi connectivity index (χ2v) is 7.26. The van der Waals surface area contributed by atoms with Gasteiger partial charge in [0.2, 0.25) is 11.9 Å². The molecular weight excluding hydrogens is 392 g/mol. The van der Waals surface area contributed by atoms with Gasteiger partial charge in [0.1, 0.15) is 19.8 Å². The Morgan fingerprint density at radius 1 is 0.935 bits per heavy atom. The summed E-state index contributed by atoms with van der Waals surface area (Å²) in [7, 11) is 0. The van der Waals surface area contributed by atoms with Gasteiger partial charge in [0.25, 0.3) is 0 Å². The number of carbonyl (C=O) groups excluding carboxylic acids is 1. The van der Waals surface area contributed by atoms with Crippen LogP contribution in [-0.4, -0.2) is 28.7 Å². The third-order valence-electron chi connectivity index (χ3n) is 5.08. The summed E-state index contributed by atoms with van der Waals surface area (Å²) in [5, 5.41) is 6.31. The van der Waals surface area contributed by atoms with Gasteiger partial charge in [-0.25, -0.2) is 4.98 Å². The van der Waals surface area contributed by atoms with Gasteiger partial charge in [-0.2, -0.15) is 0 Å². The van der Waals surface area contributed by atoms with Crippen LogP contribution in [0.4, 0.5) is 11.6 Å². The van der Waals surface area contributed by atoms with E-state index in [2.05, 4.69) is 27.8 Å². The molecule has 2 heterocycles. The molecule has 1 amide bonds. The number of amides is 1. The maximum atomic E-state index is 12.9. The maximum absolute atomic E-state index is 12.9. The number of ether oxygens (including phenoxy) is 2. The molecule has 3 aromatic carbocycles. The predicted molar refractivity (Wildman–Crippen MR) is 120 cm³/mol. The molecule has 0 fully saturated rings. The average molecular weight is 414 g/mol. The Morgan fingerprint density at radius 2 is 1.71 bits per heavy atom. The van der Waals surface area contributed by atoms with E-state index in [9.17, 15) is 4.79 Å². The first kappa shape index (κ1) is 19.0. The highest BCUT2D eigenvalue weighted by Gasteiger charge is 2.16. The van der Waals surface area contributed by atoms with E-state index in [1.165, 1.54) is 0 Å². The average Bonchev–Trinajstić information content (AvgIpc) is 3.15. The summed E-state index contributed by atoms with van der Waals surface area (Å²) in [6.07, 6.45) is 0. The molecule has 7 nitrogen and oxygen atoms in total. The summed E-state index contributed by atoms with van der Waals surface area (Å²) < 4.78 is 13.0. The molecule has 1 aromatic heterocycles. The molecule has 0 saturated heterocycles. The standard InChI is InChI=1S/C24H22N4O3/c29-23(26-18-10-11-21-22(14-18)31-13-12-30-21)16-28-20-9-5-4-8-19(20)27-24(28)25-15-17-6-2-1-3-7-17/h1-11,14H,12-13,15-16H2,(H,25,27)(H,26,29). The number of hydrogen-bond acceptors (Lipinski definition) is 5. The largest absolute Gasteiger partial charge is 0.486 e. The SMILES string of the molecule is O=C(Cn1c(NCc2ccccc2)nc2ccccc21)Nc1ccc2c(c1)OCCO2. The van der Waals surface area contributed by atoms with Crippen molar-refractivity contribution in [3.8, 4) is 11.5 Å². The van der Waals surface area contributed by atoms with Gasteiger partial charge in [0, 0.05) is 18.3 Å². The number of imidazole rings is 1. The molecule has 5 rings (SSSR count). The van der Waals surface area contributed by atoms with Crippen LogP contribution in [0.3, 0.4) is 0 Å². The van der Waals surface area contributed by atoms with Crippen LogP contribution in [0.25, 0.3) is 11.0 Å². The van der Waals surface area contributed by atoms with Crippen molar-refractivity contribution in [1.29, 1.82) is 0 Å². The van der Waals surface area contributed by atoms with Crippen molar-refractivity contribution in [1.82, 2.24) is 9.55 Å². The number of benzene rings is 3. The Hall–Kier alpha value is -4.00. The lowest BCUT2D eigenvalue weighted by molar-refractivity contribution is -0.116. The maximum Gasteiger partial charge on any atom is 0.244 e. The minimum atomic E-state index is -0.150. The third-order valence-corrected chi connectivity index (χ3v) is 5.08. The molecule has 1 aliphatic heterocycles. The number of nitrogens with zero attached hydrogens (tertiary/aromatic N) is 2. The van der Waals surface area contributed by atoms with E-state index < -0.39 is 0 Å². The first-order valence-electron chi connectivity index (χ1n) is 10.2. The Morgan fingerprint density at radius 3 is 2.58 bits per heavy atom. The van der Waals surface area contributed by atoms with E-state index in [0.29, 0.717) is 42.9 Å². The molecule has 0 aliphatic carbocycles. The Kier molecular flexibility index (Phi) is 5.14. The lowest BCUT2D eigenvalue weighted by atomic mass is 10.2. The van der Waals surface area contributed by atoms with Gasteiger partial charge in [0.05, 0.1) is 11.0 Å². The fourth-order valence-electron chi connectivity index (χ4n) is 3.61. The molecule has 2 N–H and O–H groups in total. The highest BCUT2D eigenvalue weighted by molar-refractivity contribution is 5.92. The van der Waals surface area contributed by atoms with E-state index in [1.807, 2.05) is 59.2 Å². The second kappa shape index (κ2) is 8.39. The number of hydrogen-bond donors (Lipinski definition) is 2. The molecule has 0 unspecified atom stereocenters. The van der Waals surface area contributed by atoms with Crippen LogP contribution in [0.15, 0.2) is 72.8 Å². The number of carbonyl (C=O) groups is 1. The molecule has 1 aliphatic rings. The topological polar surface area (TPSA) is 77.4 Å². The molecule has 0 atom stereocenters. The van der Waals surface area contributed by atoms with Crippen molar-refractivity contribution in [2.24, 2.45) is 0 Å².